The van der Waals surface area contributed by atoms with Crippen molar-refractivity contribution in [3.8, 4) is 5.75 Å². The standard InChI is InChI=1S/C15H18N2O2/c18-14(12-19-15-7-2-1-3-8-15)11-16-10-13-6-4-5-9-17-13/h1-9,14,16,18H,10-12H2. The number of para-hydroxylation sites is 1. The van der Waals surface area contributed by atoms with Crippen molar-refractivity contribution in [3.05, 3.63) is 60.4 Å². The number of aliphatic hydroxyl groups excluding tert-OH is 1. The van der Waals surface area contributed by atoms with Gasteiger partial charge in [-0.1, -0.05) is 24.3 Å². The number of hydrogen-bond donors (Lipinski definition) is 2. The summed E-state index contributed by atoms with van der Waals surface area (Å²) in [6, 6.07) is 15.2. The Kier molecular flexibility index (Phi) is 5.34. The van der Waals surface area contributed by atoms with E-state index in [1.807, 2.05) is 48.5 Å². The molecular weight excluding hydrogens is 240 g/mol. The number of ether oxygens (including phenoxy) is 1. The van der Waals surface area contributed by atoms with Gasteiger partial charge in [-0.3, -0.25) is 4.98 Å². The van der Waals surface area contributed by atoms with Gasteiger partial charge in [0, 0.05) is 19.3 Å². The monoisotopic (exact) mass is 258 g/mol. The molecule has 0 spiro atoms. The smallest absolute Gasteiger partial charge is 0.119 e. The first-order valence-electron chi connectivity index (χ1n) is 6.31. The molecule has 2 aromatic rings. The van der Waals surface area contributed by atoms with Crippen LogP contribution in [0, 0.1) is 0 Å². The first-order valence-corrected chi connectivity index (χ1v) is 6.31. The average Bonchev–Trinajstić information content (AvgIpc) is 2.47. The van der Waals surface area contributed by atoms with E-state index in [4.69, 9.17) is 4.74 Å². The molecule has 19 heavy (non-hydrogen) atoms. The van der Waals surface area contributed by atoms with Gasteiger partial charge in [0.05, 0.1) is 5.69 Å². The van der Waals surface area contributed by atoms with Gasteiger partial charge in [-0.2, -0.15) is 0 Å². The first-order chi connectivity index (χ1) is 9.34. The van der Waals surface area contributed by atoms with E-state index in [1.165, 1.54) is 0 Å². The van der Waals surface area contributed by atoms with Crippen molar-refractivity contribution in [1.29, 1.82) is 0 Å². The molecule has 0 saturated heterocycles. The molecule has 1 aromatic heterocycles. The zero-order chi connectivity index (χ0) is 13.3. The molecule has 0 aliphatic heterocycles. The molecule has 0 fully saturated rings. The number of benzene rings is 1. The lowest BCUT2D eigenvalue weighted by molar-refractivity contribution is 0.106. The zero-order valence-corrected chi connectivity index (χ0v) is 10.7. The molecule has 0 radical (unpaired) electrons. The SMILES string of the molecule is OC(CNCc1ccccn1)COc1ccccc1. The van der Waals surface area contributed by atoms with Gasteiger partial charge in [0.1, 0.15) is 18.5 Å². The van der Waals surface area contributed by atoms with Gasteiger partial charge in [-0.15, -0.1) is 0 Å². The third-order valence-corrected chi connectivity index (χ3v) is 2.60. The fourth-order valence-electron chi connectivity index (χ4n) is 1.64. The fourth-order valence-corrected chi connectivity index (χ4v) is 1.64. The maximum Gasteiger partial charge on any atom is 0.119 e. The van der Waals surface area contributed by atoms with Crippen molar-refractivity contribution in [3.63, 3.8) is 0 Å². The summed E-state index contributed by atoms with van der Waals surface area (Å²) < 4.78 is 5.46. The largest absolute Gasteiger partial charge is 0.491 e. The third kappa shape index (κ3) is 5.07. The highest BCUT2D eigenvalue weighted by atomic mass is 16.5. The van der Waals surface area contributed by atoms with E-state index in [2.05, 4.69) is 10.3 Å². The van der Waals surface area contributed by atoms with Crippen LogP contribution >= 0.6 is 0 Å². The quantitative estimate of drug-likeness (QED) is 0.792. The van der Waals surface area contributed by atoms with E-state index in [0.717, 1.165) is 11.4 Å². The molecule has 0 bridgehead atoms. The van der Waals surface area contributed by atoms with Crippen molar-refractivity contribution < 1.29 is 9.84 Å². The van der Waals surface area contributed by atoms with Gasteiger partial charge >= 0.3 is 0 Å². The Bertz CT molecular complexity index is 462. The average molecular weight is 258 g/mol. The minimum Gasteiger partial charge on any atom is -0.491 e. The van der Waals surface area contributed by atoms with E-state index < -0.39 is 6.10 Å². The number of nitrogens with zero attached hydrogens (tertiary/aromatic N) is 1. The van der Waals surface area contributed by atoms with Crippen molar-refractivity contribution in [1.82, 2.24) is 10.3 Å². The topological polar surface area (TPSA) is 54.4 Å². The Morgan fingerprint density at radius 2 is 1.89 bits per heavy atom. The summed E-state index contributed by atoms with van der Waals surface area (Å²) in [4.78, 5) is 4.19. The number of pyridine rings is 1. The van der Waals surface area contributed by atoms with Crippen LogP contribution in [-0.4, -0.2) is 29.3 Å². The van der Waals surface area contributed by atoms with Crippen LogP contribution in [0.15, 0.2) is 54.7 Å². The van der Waals surface area contributed by atoms with E-state index in [1.54, 1.807) is 6.20 Å². The molecule has 1 heterocycles. The molecule has 1 aromatic carbocycles. The highest BCUT2D eigenvalue weighted by Gasteiger charge is 2.04. The van der Waals surface area contributed by atoms with Gasteiger partial charge in [0.2, 0.25) is 0 Å². The van der Waals surface area contributed by atoms with Gasteiger partial charge in [0.15, 0.2) is 0 Å². The summed E-state index contributed by atoms with van der Waals surface area (Å²) in [5, 5.41) is 12.9. The Balaban J connectivity index is 1.64. The summed E-state index contributed by atoms with van der Waals surface area (Å²) in [6.07, 6.45) is 1.22. The lowest BCUT2D eigenvalue weighted by Gasteiger charge is -2.13. The Labute approximate surface area is 113 Å². The van der Waals surface area contributed by atoms with Crippen molar-refractivity contribution in [2.75, 3.05) is 13.2 Å². The molecule has 100 valence electrons. The Morgan fingerprint density at radius 1 is 1.11 bits per heavy atom. The van der Waals surface area contributed by atoms with E-state index in [0.29, 0.717) is 13.1 Å². The van der Waals surface area contributed by atoms with Crippen LogP contribution in [0.4, 0.5) is 0 Å². The molecule has 4 heteroatoms. The maximum absolute atomic E-state index is 9.78. The molecule has 0 saturated carbocycles. The normalized spacial score (nSPS) is 12.1. The minimum atomic E-state index is -0.538. The lowest BCUT2D eigenvalue weighted by Crippen LogP contribution is -2.31. The molecule has 4 nitrogen and oxygen atoms in total. The summed E-state index contributed by atoms with van der Waals surface area (Å²) in [6.45, 7) is 1.39. The second-order valence-electron chi connectivity index (χ2n) is 4.23. The van der Waals surface area contributed by atoms with Gasteiger partial charge < -0.3 is 15.2 Å². The summed E-state index contributed by atoms with van der Waals surface area (Å²) >= 11 is 0. The molecule has 1 unspecified atom stereocenters. The van der Waals surface area contributed by atoms with Gasteiger partial charge in [-0.05, 0) is 24.3 Å². The number of rotatable bonds is 7. The van der Waals surface area contributed by atoms with Crippen molar-refractivity contribution in [2.24, 2.45) is 0 Å². The van der Waals surface area contributed by atoms with Crippen LogP contribution in [0.5, 0.6) is 5.75 Å². The first kappa shape index (κ1) is 13.5. The maximum atomic E-state index is 9.78. The van der Waals surface area contributed by atoms with Crippen LogP contribution in [0.3, 0.4) is 0 Å². The molecule has 0 amide bonds. The predicted octanol–water partition coefficient (Wildman–Crippen LogP) is 1.61. The minimum absolute atomic E-state index is 0.277. The summed E-state index contributed by atoms with van der Waals surface area (Å²) in [7, 11) is 0. The van der Waals surface area contributed by atoms with Crippen LogP contribution in [0.2, 0.25) is 0 Å². The lowest BCUT2D eigenvalue weighted by atomic mass is 10.3. The van der Waals surface area contributed by atoms with E-state index in [9.17, 15) is 5.11 Å². The van der Waals surface area contributed by atoms with Gasteiger partial charge in [-0.25, -0.2) is 0 Å². The predicted molar refractivity (Wildman–Crippen MR) is 73.9 cm³/mol. The van der Waals surface area contributed by atoms with Crippen LogP contribution in [0.1, 0.15) is 5.69 Å². The molecular formula is C15H18N2O2. The molecule has 1 atom stereocenters. The zero-order valence-electron chi connectivity index (χ0n) is 10.7. The van der Waals surface area contributed by atoms with Crippen molar-refractivity contribution >= 4 is 0 Å². The van der Waals surface area contributed by atoms with E-state index >= 15 is 0 Å². The number of hydrogen-bond acceptors (Lipinski definition) is 4. The second-order valence-corrected chi connectivity index (χ2v) is 4.23. The van der Waals surface area contributed by atoms with Crippen LogP contribution < -0.4 is 10.1 Å². The number of aliphatic hydroxyl groups is 1. The summed E-state index contributed by atoms with van der Waals surface area (Å²) in [5.74, 6) is 0.770. The Hall–Kier alpha value is -1.91. The Morgan fingerprint density at radius 3 is 2.63 bits per heavy atom. The molecule has 0 aliphatic rings. The highest BCUT2D eigenvalue weighted by molar-refractivity contribution is 5.20. The molecule has 2 rings (SSSR count). The molecule has 2 N–H and O–H groups in total. The fraction of sp³-hybridized carbons (Fsp3) is 0.267. The summed E-state index contributed by atoms with van der Waals surface area (Å²) in [5.41, 5.74) is 0.957. The van der Waals surface area contributed by atoms with Crippen LogP contribution in [-0.2, 0) is 6.54 Å². The van der Waals surface area contributed by atoms with Crippen LogP contribution in [0.25, 0.3) is 0 Å². The number of nitrogens with one attached hydrogen (secondary N) is 1. The molecule has 0 aliphatic carbocycles. The van der Waals surface area contributed by atoms with E-state index in [-0.39, 0.29) is 6.61 Å². The highest BCUT2D eigenvalue weighted by Crippen LogP contribution is 2.08. The second kappa shape index (κ2) is 7.51. The van der Waals surface area contributed by atoms with Gasteiger partial charge in [0.25, 0.3) is 0 Å². The number of aromatic nitrogens is 1. The third-order valence-electron chi connectivity index (χ3n) is 2.60. The van der Waals surface area contributed by atoms with Crippen molar-refractivity contribution in [2.45, 2.75) is 12.6 Å².